The first-order valence-corrected chi connectivity index (χ1v) is 4.07. The van der Waals surface area contributed by atoms with Gasteiger partial charge in [-0.3, -0.25) is 9.48 Å². The molecule has 1 heterocycles. The van der Waals surface area contributed by atoms with Crippen molar-refractivity contribution in [2.24, 2.45) is 7.05 Å². The van der Waals surface area contributed by atoms with Gasteiger partial charge in [0, 0.05) is 13.2 Å². The van der Waals surface area contributed by atoms with Gasteiger partial charge in [-0.15, -0.1) is 0 Å². The summed E-state index contributed by atoms with van der Waals surface area (Å²) in [6, 6.07) is 1.82. The van der Waals surface area contributed by atoms with Gasteiger partial charge in [0.2, 0.25) is 0 Å². The van der Waals surface area contributed by atoms with Crippen molar-refractivity contribution in [1.82, 2.24) is 9.78 Å². The highest BCUT2D eigenvalue weighted by Crippen LogP contribution is 2.23. The normalized spacial score (nSPS) is 11.4. The van der Waals surface area contributed by atoms with Crippen LogP contribution in [0.15, 0.2) is 12.3 Å². The molecule has 0 saturated heterocycles. The van der Waals surface area contributed by atoms with Gasteiger partial charge in [-0.25, -0.2) is 0 Å². The van der Waals surface area contributed by atoms with E-state index in [9.17, 15) is 4.79 Å². The molecule has 1 rings (SSSR count). The first kappa shape index (κ1) is 9.77. The van der Waals surface area contributed by atoms with Gasteiger partial charge in [0.25, 0.3) is 0 Å². The van der Waals surface area contributed by atoms with E-state index in [1.165, 1.54) is 7.11 Å². The molecular formula is C9H14N2O2. The lowest BCUT2D eigenvalue weighted by Crippen LogP contribution is -2.32. The van der Waals surface area contributed by atoms with Crippen molar-refractivity contribution in [3.05, 3.63) is 18.0 Å². The van der Waals surface area contributed by atoms with Crippen molar-refractivity contribution in [3.8, 4) is 0 Å². The summed E-state index contributed by atoms with van der Waals surface area (Å²) < 4.78 is 6.39. The molecule has 0 aliphatic rings. The minimum atomic E-state index is -0.639. The molecule has 0 fully saturated rings. The molecule has 0 aromatic carbocycles. The maximum absolute atomic E-state index is 11.4. The number of aromatic nitrogens is 2. The number of methoxy groups -OCH3 is 1. The second-order valence-corrected chi connectivity index (χ2v) is 3.46. The number of hydrogen-bond donors (Lipinski definition) is 0. The molecule has 0 saturated carbocycles. The molecular weight excluding hydrogens is 168 g/mol. The standard InChI is InChI=1S/C9H14N2O2/c1-9(2,8(12)13-4)7-5-6-10-11(7)3/h5-6H,1-4H3. The molecule has 72 valence electrons. The van der Waals surface area contributed by atoms with Gasteiger partial charge in [0.15, 0.2) is 0 Å². The zero-order valence-corrected chi connectivity index (χ0v) is 8.37. The van der Waals surface area contributed by atoms with Crippen LogP contribution < -0.4 is 0 Å². The predicted octanol–water partition coefficient (Wildman–Crippen LogP) is 0.871. The quantitative estimate of drug-likeness (QED) is 0.637. The maximum Gasteiger partial charge on any atom is 0.317 e. The molecule has 0 aliphatic carbocycles. The van der Waals surface area contributed by atoms with Gasteiger partial charge in [0.1, 0.15) is 5.41 Å². The zero-order valence-electron chi connectivity index (χ0n) is 8.37. The minimum Gasteiger partial charge on any atom is -0.468 e. The van der Waals surface area contributed by atoms with Crippen LogP contribution >= 0.6 is 0 Å². The third-order valence-electron chi connectivity index (χ3n) is 2.16. The average Bonchev–Trinajstić information content (AvgIpc) is 2.50. The van der Waals surface area contributed by atoms with Crippen LogP contribution in [0.4, 0.5) is 0 Å². The fourth-order valence-electron chi connectivity index (χ4n) is 1.35. The summed E-state index contributed by atoms with van der Waals surface area (Å²) >= 11 is 0. The first-order valence-electron chi connectivity index (χ1n) is 4.07. The number of carbonyl (C=O) groups is 1. The molecule has 0 amide bonds. The Morgan fingerprint density at radius 1 is 1.62 bits per heavy atom. The molecule has 0 spiro atoms. The van der Waals surface area contributed by atoms with Crippen molar-refractivity contribution < 1.29 is 9.53 Å². The highest BCUT2D eigenvalue weighted by Gasteiger charge is 2.33. The summed E-state index contributed by atoms with van der Waals surface area (Å²) in [5.74, 6) is -0.254. The Kier molecular flexibility index (Phi) is 2.40. The number of hydrogen-bond acceptors (Lipinski definition) is 3. The SMILES string of the molecule is COC(=O)C(C)(C)c1ccnn1C. The second kappa shape index (κ2) is 3.20. The number of rotatable bonds is 2. The van der Waals surface area contributed by atoms with E-state index >= 15 is 0 Å². The number of nitrogens with zero attached hydrogens (tertiary/aromatic N) is 2. The molecule has 1 aromatic rings. The molecule has 0 radical (unpaired) electrons. The van der Waals surface area contributed by atoms with Gasteiger partial charge in [0.05, 0.1) is 12.8 Å². The number of aryl methyl sites for hydroxylation is 1. The Morgan fingerprint density at radius 2 is 2.23 bits per heavy atom. The summed E-state index contributed by atoms with van der Waals surface area (Å²) in [4.78, 5) is 11.4. The monoisotopic (exact) mass is 182 g/mol. The Bertz CT molecular complexity index is 315. The van der Waals surface area contributed by atoms with Gasteiger partial charge in [-0.2, -0.15) is 5.10 Å². The van der Waals surface area contributed by atoms with E-state index in [-0.39, 0.29) is 5.97 Å². The Morgan fingerprint density at radius 3 is 2.62 bits per heavy atom. The summed E-state index contributed by atoms with van der Waals surface area (Å²) in [6.45, 7) is 3.63. The number of esters is 1. The smallest absolute Gasteiger partial charge is 0.317 e. The van der Waals surface area contributed by atoms with Crippen molar-refractivity contribution >= 4 is 5.97 Å². The van der Waals surface area contributed by atoms with Crippen LogP contribution in [-0.2, 0) is 22.0 Å². The van der Waals surface area contributed by atoms with Crippen molar-refractivity contribution in [3.63, 3.8) is 0 Å². The second-order valence-electron chi connectivity index (χ2n) is 3.46. The fraction of sp³-hybridized carbons (Fsp3) is 0.556. The number of carbonyl (C=O) groups excluding carboxylic acids is 1. The largest absolute Gasteiger partial charge is 0.468 e. The highest BCUT2D eigenvalue weighted by molar-refractivity contribution is 5.81. The maximum atomic E-state index is 11.4. The van der Waals surface area contributed by atoms with E-state index in [1.807, 2.05) is 19.9 Å². The van der Waals surface area contributed by atoms with Crippen molar-refractivity contribution in [2.45, 2.75) is 19.3 Å². The average molecular weight is 182 g/mol. The van der Waals surface area contributed by atoms with Crippen molar-refractivity contribution in [1.29, 1.82) is 0 Å². The van der Waals surface area contributed by atoms with Gasteiger partial charge in [-0.1, -0.05) is 0 Å². The van der Waals surface area contributed by atoms with Crippen LogP contribution in [0, 0.1) is 0 Å². The number of ether oxygens (including phenoxy) is 1. The van der Waals surface area contributed by atoms with E-state index in [2.05, 4.69) is 5.10 Å². The van der Waals surface area contributed by atoms with E-state index in [4.69, 9.17) is 4.74 Å². The zero-order chi connectivity index (χ0) is 10.1. The molecule has 4 nitrogen and oxygen atoms in total. The van der Waals surface area contributed by atoms with Crippen LogP contribution in [-0.4, -0.2) is 22.9 Å². The molecule has 0 aliphatic heterocycles. The summed E-state index contributed by atoms with van der Waals surface area (Å²) in [7, 11) is 3.19. The van der Waals surface area contributed by atoms with Crippen LogP contribution in [0.3, 0.4) is 0 Å². The van der Waals surface area contributed by atoms with Crippen LogP contribution in [0.25, 0.3) is 0 Å². The lowest BCUT2D eigenvalue weighted by atomic mass is 9.89. The van der Waals surface area contributed by atoms with E-state index < -0.39 is 5.41 Å². The third kappa shape index (κ3) is 1.56. The van der Waals surface area contributed by atoms with Gasteiger partial charge >= 0.3 is 5.97 Å². The lowest BCUT2D eigenvalue weighted by Gasteiger charge is -2.21. The molecule has 4 heteroatoms. The van der Waals surface area contributed by atoms with Gasteiger partial charge < -0.3 is 4.74 Å². The van der Waals surface area contributed by atoms with E-state index in [0.717, 1.165) is 5.69 Å². The lowest BCUT2D eigenvalue weighted by molar-refractivity contribution is -0.146. The van der Waals surface area contributed by atoms with E-state index in [0.29, 0.717) is 0 Å². The van der Waals surface area contributed by atoms with Gasteiger partial charge in [-0.05, 0) is 19.9 Å². The Balaban J connectivity index is 3.07. The predicted molar refractivity (Wildman–Crippen MR) is 48.3 cm³/mol. The van der Waals surface area contributed by atoms with Crippen LogP contribution in [0.5, 0.6) is 0 Å². The molecule has 0 N–H and O–H groups in total. The Labute approximate surface area is 77.5 Å². The summed E-state index contributed by atoms with van der Waals surface area (Å²) in [6.07, 6.45) is 1.67. The van der Waals surface area contributed by atoms with Crippen molar-refractivity contribution in [2.75, 3.05) is 7.11 Å². The molecule has 0 atom stereocenters. The Hall–Kier alpha value is -1.32. The van der Waals surface area contributed by atoms with Crippen LogP contribution in [0.1, 0.15) is 19.5 Å². The molecule has 0 bridgehead atoms. The van der Waals surface area contributed by atoms with E-state index in [1.54, 1.807) is 17.9 Å². The topological polar surface area (TPSA) is 44.1 Å². The minimum absolute atomic E-state index is 0.254. The molecule has 0 unspecified atom stereocenters. The fourth-order valence-corrected chi connectivity index (χ4v) is 1.35. The first-order chi connectivity index (χ1) is 6.00. The third-order valence-corrected chi connectivity index (χ3v) is 2.16. The highest BCUT2D eigenvalue weighted by atomic mass is 16.5. The molecule has 1 aromatic heterocycles. The summed E-state index contributed by atoms with van der Waals surface area (Å²) in [5.41, 5.74) is 0.208. The molecule has 13 heavy (non-hydrogen) atoms. The van der Waals surface area contributed by atoms with Crippen LogP contribution in [0.2, 0.25) is 0 Å². The summed E-state index contributed by atoms with van der Waals surface area (Å²) in [5, 5.41) is 4.01.